The highest BCUT2D eigenvalue weighted by atomic mass is 35.5. The summed E-state index contributed by atoms with van der Waals surface area (Å²) in [6.45, 7) is 0. The first kappa shape index (κ1) is 36.6. The first-order valence-corrected chi connectivity index (χ1v) is 15.5. The lowest BCUT2D eigenvalue weighted by Crippen LogP contribution is -2.19. The van der Waals surface area contributed by atoms with Crippen molar-refractivity contribution in [2.75, 3.05) is 0 Å². The van der Waals surface area contributed by atoms with Gasteiger partial charge >= 0.3 is 0 Å². The maximum atomic E-state index is 14.5. The predicted octanol–water partition coefficient (Wildman–Crippen LogP) is 11.3. The average Bonchev–Trinajstić information content (AvgIpc) is 3.03. The lowest BCUT2D eigenvalue weighted by atomic mass is 10.1. The highest BCUT2D eigenvalue weighted by Gasteiger charge is 2.35. The summed E-state index contributed by atoms with van der Waals surface area (Å²) in [7, 11) is -5.07. The van der Waals surface area contributed by atoms with Crippen molar-refractivity contribution in [3.8, 4) is 0 Å². The Morgan fingerprint density at radius 2 is 0.723 bits per heavy atom. The summed E-state index contributed by atoms with van der Waals surface area (Å²) in [5.41, 5.74) is -3.70. The van der Waals surface area contributed by atoms with Crippen LogP contribution in [0.4, 0.5) is 43.9 Å². The fourth-order valence-electron chi connectivity index (χ4n) is 4.26. The molecule has 0 saturated carbocycles. The zero-order valence-electron chi connectivity index (χ0n) is 22.4. The molecule has 4 rings (SSSR count). The molecule has 0 aliphatic rings. The molecule has 47 heavy (non-hydrogen) atoms. The number of rotatable bonds is 8. The Morgan fingerprint density at radius 3 is 1.00 bits per heavy atom. The first-order valence-electron chi connectivity index (χ1n) is 12.4. The van der Waals surface area contributed by atoms with Gasteiger partial charge in [-0.15, -0.1) is 0 Å². The third kappa shape index (κ3) is 7.00. The molecule has 4 aromatic rings. The standard InChI is InChI=1S/C30H12Cl4F10O2S/c31-15-5-1-11(9-17(15)33)19(7-3-13-21(35)25(39)29(43)26(40)22(13)36)47(45,46)20(12-2-6-16(32)18(34)10-12)8-4-14-23(37)27(41)30(44)28(42)24(14)38/h1-10,19-20H/b7-3+,8-4+. The van der Waals surface area contributed by atoms with E-state index in [2.05, 4.69) is 0 Å². The van der Waals surface area contributed by atoms with Crippen molar-refractivity contribution in [2.45, 2.75) is 10.5 Å². The third-order valence-electron chi connectivity index (χ3n) is 6.62. The predicted molar refractivity (Wildman–Crippen MR) is 158 cm³/mol. The maximum Gasteiger partial charge on any atom is 0.200 e. The van der Waals surface area contributed by atoms with E-state index in [0.29, 0.717) is 12.2 Å². The molecule has 2 nitrogen and oxygen atoms in total. The molecular weight excluding hydrogens is 756 g/mol. The van der Waals surface area contributed by atoms with Crippen molar-refractivity contribution in [3.63, 3.8) is 0 Å². The molecule has 0 saturated heterocycles. The summed E-state index contributed by atoms with van der Waals surface area (Å²) in [4.78, 5) is 0. The maximum absolute atomic E-state index is 14.5. The molecule has 0 N–H and O–H groups in total. The van der Waals surface area contributed by atoms with Gasteiger partial charge in [0.1, 0.15) is 10.5 Å². The summed E-state index contributed by atoms with van der Waals surface area (Å²) in [6, 6.07) is 6.31. The van der Waals surface area contributed by atoms with E-state index in [0.717, 1.165) is 36.4 Å². The van der Waals surface area contributed by atoms with Crippen molar-refractivity contribution in [3.05, 3.63) is 149 Å². The summed E-state index contributed by atoms with van der Waals surface area (Å²) in [6.07, 6.45) is 1.59. The first-order chi connectivity index (χ1) is 21.9. The number of sulfone groups is 1. The molecule has 0 aromatic heterocycles. The molecule has 248 valence electrons. The Hall–Kier alpha value is -3.23. The summed E-state index contributed by atoms with van der Waals surface area (Å²) in [5.74, 6) is -23.6. The van der Waals surface area contributed by atoms with Crippen LogP contribution in [0.5, 0.6) is 0 Å². The number of hydrogen-bond donors (Lipinski definition) is 0. The number of halogens is 14. The summed E-state index contributed by atoms with van der Waals surface area (Å²) in [5, 5.41) is -4.96. The van der Waals surface area contributed by atoms with Crippen LogP contribution in [-0.4, -0.2) is 8.42 Å². The number of hydrogen-bond acceptors (Lipinski definition) is 2. The van der Waals surface area contributed by atoms with Gasteiger partial charge in [0.2, 0.25) is 11.6 Å². The molecule has 4 aromatic carbocycles. The van der Waals surface area contributed by atoms with Crippen molar-refractivity contribution in [1.29, 1.82) is 0 Å². The molecule has 0 amide bonds. The molecular formula is C30H12Cl4F10O2S. The lowest BCUT2D eigenvalue weighted by molar-refractivity contribution is 0.377. The van der Waals surface area contributed by atoms with Gasteiger partial charge in [0.15, 0.2) is 56.4 Å². The van der Waals surface area contributed by atoms with Crippen LogP contribution in [0.1, 0.15) is 32.8 Å². The molecule has 0 bridgehead atoms. The molecule has 0 aliphatic carbocycles. The van der Waals surface area contributed by atoms with E-state index in [9.17, 15) is 52.3 Å². The van der Waals surface area contributed by atoms with Gasteiger partial charge in [0.05, 0.1) is 31.2 Å². The minimum atomic E-state index is -5.07. The Morgan fingerprint density at radius 1 is 0.447 bits per heavy atom. The van der Waals surface area contributed by atoms with Crippen LogP contribution in [0.25, 0.3) is 12.2 Å². The van der Waals surface area contributed by atoms with Gasteiger partial charge in [0, 0.05) is 0 Å². The minimum Gasteiger partial charge on any atom is -0.227 e. The van der Waals surface area contributed by atoms with Crippen molar-refractivity contribution >= 4 is 68.4 Å². The molecule has 0 fully saturated rings. The molecule has 2 atom stereocenters. The molecule has 0 spiro atoms. The van der Waals surface area contributed by atoms with Crippen molar-refractivity contribution in [2.24, 2.45) is 0 Å². The van der Waals surface area contributed by atoms with Gasteiger partial charge < -0.3 is 0 Å². The second-order valence-electron chi connectivity index (χ2n) is 9.46. The minimum absolute atomic E-state index is 0.0949. The molecule has 0 radical (unpaired) electrons. The van der Waals surface area contributed by atoms with Crippen LogP contribution in [-0.2, 0) is 9.84 Å². The number of benzene rings is 4. The van der Waals surface area contributed by atoms with Gasteiger partial charge in [-0.25, -0.2) is 52.3 Å². The van der Waals surface area contributed by atoms with Gasteiger partial charge in [-0.1, -0.05) is 82.8 Å². The van der Waals surface area contributed by atoms with Crippen LogP contribution < -0.4 is 0 Å². The van der Waals surface area contributed by atoms with Gasteiger partial charge in [-0.3, -0.25) is 0 Å². The van der Waals surface area contributed by atoms with E-state index in [1.54, 1.807) is 0 Å². The fourth-order valence-corrected chi connectivity index (χ4v) is 6.84. The molecule has 17 heteroatoms. The van der Waals surface area contributed by atoms with E-state index in [1.165, 1.54) is 0 Å². The zero-order valence-corrected chi connectivity index (χ0v) is 26.3. The zero-order chi connectivity index (χ0) is 35.1. The molecule has 0 aliphatic heterocycles. The molecule has 2 unspecified atom stereocenters. The van der Waals surface area contributed by atoms with E-state index in [-0.39, 0.29) is 43.4 Å². The normalized spacial score (nSPS) is 13.6. The topological polar surface area (TPSA) is 34.1 Å². The van der Waals surface area contributed by atoms with Gasteiger partial charge in [-0.2, -0.15) is 0 Å². The second kappa shape index (κ2) is 14.1. The van der Waals surface area contributed by atoms with E-state index in [1.807, 2.05) is 0 Å². The quantitative estimate of drug-likeness (QED) is 0.102. The summed E-state index contributed by atoms with van der Waals surface area (Å²) >= 11 is 23.9. The Kier molecular flexibility index (Phi) is 11.0. The van der Waals surface area contributed by atoms with Gasteiger partial charge in [0.25, 0.3) is 0 Å². The Bertz CT molecular complexity index is 1890. The van der Waals surface area contributed by atoms with E-state index >= 15 is 0 Å². The van der Waals surface area contributed by atoms with E-state index in [4.69, 9.17) is 46.4 Å². The van der Waals surface area contributed by atoms with Crippen LogP contribution in [0.15, 0.2) is 48.6 Å². The average molecular weight is 768 g/mol. The van der Waals surface area contributed by atoms with Crippen molar-refractivity contribution < 1.29 is 52.3 Å². The van der Waals surface area contributed by atoms with Crippen LogP contribution in [0.3, 0.4) is 0 Å². The second-order valence-corrected chi connectivity index (χ2v) is 13.3. The lowest BCUT2D eigenvalue weighted by Gasteiger charge is -2.22. The molecule has 0 heterocycles. The SMILES string of the molecule is O=S(=O)(C(/C=C/c1c(F)c(F)c(F)c(F)c1F)c1ccc(Cl)c(Cl)c1)C(/C=C/c1c(F)c(F)c(F)c(F)c1F)c1ccc(Cl)c(Cl)c1. The van der Waals surface area contributed by atoms with E-state index < -0.39 is 89.6 Å². The highest BCUT2D eigenvalue weighted by molar-refractivity contribution is 7.92. The smallest absolute Gasteiger partial charge is 0.200 e. The highest BCUT2D eigenvalue weighted by Crippen LogP contribution is 2.41. The Labute approximate surface area is 279 Å². The Balaban J connectivity index is 2.00. The largest absolute Gasteiger partial charge is 0.227 e. The van der Waals surface area contributed by atoms with Crippen molar-refractivity contribution in [1.82, 2.24) is 0 Å². The third-order valence-corrected chi connectivity index (χ3v) is 10.4. The monoisotopic (exact) mass is 766 g/mol. The van der Waals surface area contributed by atoms with Gasteiger partial charge in [-0.05, 0) is 35.4 Å². The fraction of sp³-hybridized carbons (Fsp3) is 0.0667. The van der Waals surface area contributed by atoms with Crippen LogP contribution in [0.2, 0.25) is 20.1 Å². The van der Waals surface area contributed by atoms with Crippen LogP contribution in [0, 0.1) is 58.2 Å². The van der Waals surface area contributed by atoms with Crippen LogP contribution >= 0.6 is 46.4 Å². The summed E-state index contributed by atoms with van der Waals surface area (Å²) < 4.78 is 169.